The molecular formula is C9H14N2O3S. The van der Waals surface area contributed by atoms with Crippen LogP contribution in [0.1, 0.15) is 5.56 Å². The van der Waals surface area contributed by atoms with Crippen LogP contribution in [0.5, 0.6) is 0 Å². The molecule has 5 nitrogen and oxygen atoms in total. The molecule has 6 heteroatoms. The minimum absolute atomic E-state index is 0.252. The Kier molecular flexibility index (Phi) is 4.22. The molecule has 1 aromatic carbocycles. The topological polar surface area (TPSA) is 81.4 Å². The summed E-state index contributed by atoms with van der Waals surface area (Å²) in [6.45, 7) is 0.415. The van der Waals surface area contributed by atoms with Crippen LogP contribution in [0, 0.1) is 0 Å². The largest absolute Gasteiger partial charge is 0.304 e. The van der Waals surface area contributed by atoms with Gasteiger partial charge in [-0.3, -0.25) is 0 Å². The Bertz CT molecular complexity index is 400. The molecule has 1 rings (SSSR count). The van der Waals surface area contributed by atoms with Crippen molar-refractivity contribution in [3.8, 4) is 0 Å². The normalized spacial score (nSPS) is 11.6. The van der Waals surface area contributed by atoms with E-state index in [0.29, 0.717) is 13.0 Å². The van der Waals surface area contributed by atoms with Crippen LogP contribution in [-0.2, 0) is 21.3 Å². The van der Waals surface area contributed by atoms with Gasteiger partial charge in [-0.05, 0) is 31.2 Å². The van der Waals surface area contributed by atoms with Crippen LogP contribution >= 0.6 is 0 Å². The molecule has 0 aliphatic heterocycles. The van der Waals surface area contributed by atoms with E-state index in [4.69, 9.17) is 5.90 Å². The van der Waals surface area contributed by atoms with Crippen molar-refractivity contribution in [2.45, 2.75) is 11.3 Å². The molecule has 0 aromatic heterocycles. The number of nitrogens with one attached hydrogen (secondary N) is 1. The summed E-state index contributed by atoms with van der Waals surface area (Å²) in [6, 6.07) is 6.59. The van der Waals surface area contributed by atoms with Gasteiger partial charge in [0.25, 0.3) is 0 Å². The van der Waals surface area contributed by atoms with Crippen molar-refractivity contribution in [3.05, 3.63) is 29.8 Å². The number of sulfonamides is 1. The summed E-state index contributed by atoms with van der Waals surface area (Å²) >= 11 is 0. The van der Waals surface area contributed by atoms with Crippen LogP contribution in [0.15, 0.2) is 29.2 Å². The van der Waals surface area contributed by atoms with Crippen molar-refractivity contribution in [2.24, 2.45) is 5.90 Å². The Balaban J connectivity index is 2.81. The van der Waals surface area contributed by atoms with Gasteiger partial charge in [0.05, 0.1) is 11.5 Å². The van der Waals surface area contributed by atoms with Gasteiger partial charge in [-0.15, -0.1) is 0 Å². The first kappa shape index (κ1) is 12.1. The van der Waals surface area contributed by atoms with E-state index in [1.807, 2.05) is 0 Å². The van der Waals surface area contributed by atoms with Gasteiger partial charge in [-0.1, -0.05) is 12.1 Å². The smallest absolute Gasteiger partial charge is 0.240 e. The van der Waals surface area contributed by atoms with Crippen LogP contribution in [0.3, 0.4) is 0 Å². The molecule has 0 heterocycles. The van der Waals surface area contributed by atoms with E-state index in [1.54, 1.807) is 24.3 Å². The lowest BCUT2D eigenvalue weighted by molar-refractivity contribution is 0.141. The van der Waals surface area contributed by atoms with Crippen LogP contribution in [-0.4, -0.2) is 22.1 Å². The summed E-state index contributed by atoms with van der Waals surface area (Å²) in [5.41, 5.74) is 0.982. The molecule has 0 saturated heterocycles. The van der Waals surface area contributed by atoms with E-state index in [2.05, 4.69) is 9.56 Å². The van der Waals surface area contributed by atoms with Gasteiger partial charge in [0.2, 0.25) is 10.0 Å². The van der Waals surface area contributed by atoms with Gasteiger partial charge in [-0.25, -0.2) is 19.0 Å². The van der Waals surface area contributed by atoms with E-state index in [1.165, 1.54) is 7.05 Å². The first-order valence-electron chi connectivity index (χ1n) is 4.44. The summed E-state index contributed by atoms with van der Waals surface area (Å²) in [7, 11) is -1.96. The Morgan fingerprint density at radius 3 is 2.40 bits per heavy atom. The van der Waals surface area contributed by atoms with Gasteiger partial charge < -0.3 is 4.84 Å². The van der Waals surface area contributed by atoms with Gasteiger partial charge >= 0.3 is 0 Å². The molecule has 0 bridgehead atoms. The first-order valence-corrected chi connectivity index (χ1v) is 5.92. The second-order valence-electron chi connectivity index (χ2n) is 2.97. The van der Waals surface area contributed by atoms with Gasteiger partial charge in [-0.2, -0.15) is 0 Å². The van der Waals surface area contributed by atoms with Gasteiger partial charge in [0.15, 0.2) is 0 Å². The highest BCUT2D eigenvalue weighted by Gasteiger charge is 2.09. The average molecular weight is 230 g/mol. The lowest BCUT2D eigenvalue weighted by atomic mass is 10.2. The molecule has 0 aliphatic carbocycles. The molecule has 0 atom stereocenters. The molecule has 3 N–H and O–H groups in total. The van der Waals surface area contributed by atoms with E-state index >= 15 is 0 Å². The highest BCUT2D eigenvalue weighted by molar-refractivity contribution is 7.89. The van der Waals surface area contributed by atoms with Crippen molar-refractivity contribution in [3.63, 3.8) is 0 Å². The summed E-state index contributed by atoms with van der Waals surface area (Å²) in [6.07, 6.45) is 0.663. The Morgan fingerprint density at radius 1 is 1.33 bits per heavy atom. The van der Waals surface area contributed by atoms with E-state index in [9.17, 15) is 8.42 Å². The second-order valence-corrected chi connectivity index (χ2v) is 4.86. The fourth-order valence-electron chi connectivity index (χ4n) is 1.13. The molecule has 0 fully saturated rings. The molecule has 0 aliphatic rings. The lowest BCUT2D eigenvalue weighted by Gasteiger charge is -2.04. The summed E-state index contributed by atoms with van der Waals surface area (Å²) in [4.78, 5) is 4.69. The van der Waals surface area contributed by atoms with Gasteiger partial charge in [0.1, 0.15) is 0 Å². The van der Waals surface area contributed by atoms with Crippen LogP contribution in [0.25, 0.3) is 0 Å². The standard InChI is InChI=1S/C9H14N2O3S/c1-11-15(12,13)9-4-2-8(3-5-9)6-7-14-10/h2-5,11H,6-7,10H2,1H3. The predicted molar refractivity (Wildman–Crippen MR) is 56.5 cm³/mol. The first-order chi connectivity index (χ1) is 7.10. The van der Waals surface area contributed by atoms with E-state index in [0.717, 1.165) is 5.56 Å². The van der Waals surface area contributed by atoms with E-state index < -0.39 is 10.0 Å². The Labute approximate surface area is 89.2 Å². The monoisotopic (exact) mass is 230 g/mol. The Morgan fingerprint density at radius 2 is 1.93 bits per heavy atom. The Hall–Kier alpha value is -0.950. The minimum Gasteiger partial charge on any atom is -0.304 e. The zero-order valence-corrected chi connectivity index (χ0v) is 9.25. The average Bonchev–Trinajstić information content (AvgIpc) is 2.27. The van der Waals surface area contributed by atoms with Crippen LogP contribution in [0.2, 0.25) is 0 Å². The maximum atomic E-state index is 11.4. The zero-order chi connectivity index (χ0) is 11.3. The molecule has 0 radical (unpaired) electrons. The summed E-state index contributed by atoms with van der Waals surface area (Å²) < 4.78 is 25.0. The number of benzene rings is 1. The van der Waals surface area contributed by atoms with Crippen molar-refractivity contribution < 1.29 is 13.3 Å². The maximum absolute atomic E-state index is 11.4. The third-order valence-electron chi connectivity index (χ3n) is 2.01. The molecule has 15 heavy (non-hydrogen) atoms. The molecule has 84 valence electrons. The van der Waals surface area contributed by atoms with Gasteiger partial charge in [0, 0.05) is 0 Å². The molecule has 1 aromatic rings. The fraction of sp³-hybridized carbons (Fsp3) is 0.333. The third-order valence-corrected chi connectivity index (χ3v) is 3.44. The van der Waals surface area contributed by atoms with Crippen LogP contribution in [0.4, 0.5) is 0 Å². The van der Waals surface area contributed by atoms with Crippen LogP contribution < -0.4 is 10.6 Å². The SMILES string of the molecule is CNS(=O)(=O)c1ccc(CCON)cc1. The van der Waals surface area contributed by atoms with Crippen molar-refractivity contribution in [1.29, 1.82) is 0 Å². The van der Waals surface area contributed by atoms with Crippen molar-refractivity contribution in [2.75, 3.05) is 13.7 Å². The quantitative estimate of drug-likeness (QED) is 0.699. The number of hydrogen-bond donors (Lipinski definition) is 2. The number of hydrogen-bond acceptors (Lipinski definition) is 4. The molecular weight excluding hydrogens is 216 g/mol. The highest BCUT2D eigenvalue weighted by Crippen LogP contribution is 2.10. The summed E-state index contributed by atoms with van der Waals surface area (Å²) in [5, 5.41) is 0. The highest BCUT2D eigenvalue weighted by atomic mass is 32.2. The lowest BCUT2D eigenvalue weighted by Crippen LogP contribution is -2.18. The predicted octanol–water partition coefficient (Wildman–Crippen LogP) is 0.0275. The van der Waals surface area contributed by atoms with Crippen molar-refractivity contribution in [1.82, 2.24) is 4.72 Å². The van der Waals surface area contributed by atoms with E-state index in [-0.39, 0.29) is 4.90 Å². The number of rotatable bonds is 5. The zero-order valence-electron chi connectivity index (χ0n) is 8.43. The second kappa shape index (κ2) is 5.22. The molecule has 0 amide bonds. The summed E-state index contributed by atoms with van der Waals surface area (Å²) in [5.74, 6) is 4.89. The third kappa shape index (κ3) is 3.28. The minimum atomic E-state index is -3.34. The molecule has 0 unspecified atom stereocenters. The fourth-order valence-corrected chi connectivity index (χ4v) is 1.86. The molecule has 0 spiro atoms. The van der Waals surface area contributed by atoms with Crippen molar-refractivity contribution >= 4 is 10.0 Å². The maximum Gasteiger partial charge on any atom is 0.240 e. The molecule has 0 saturated carbocycles. The number of nitrogens with two attached hydrogens (primary N) is 1.